The first-order valence-corrected chi connectivity index (χ1v) is 7.66. The number of esters is 1. The van der Waals surface area contributed by atoms with Gasteiger partial charge in [0.15, 0.2) is 0 Å². The zero-order chi connectivity index (χ0) is 15.7. The molecule has 0 saturated carbocycles. The van der Waals surface area contributed by atoms with Gasteiger partial charge >= 0.3 is 5.97 Å². The van der Waals surface area contributed by atoms with Crippen LogP contribution in [0.3, 0.4) is 0 Å². The van der Waals surface area contributed by atoms with E-state index in [1.165, 1.54) is 20.0 Å². The molecule has 118 valence electrons. The summed E-state index contributed by atoms with van der Waals surface area (Å²) in [5.74, 6) is 0.655. The van der Waals surface area contributed by atoms with Crippen molar-refractivity contribution in [2.24, 2.45) is 7.05 Å². The van der Waals surface area contributed by atoms with E-state index in [0.717, 1.165) is 41.3 Å². The minimum absolute atomic E-state index is 0.218. The van der Waals surface area contributed by atoms with Gasteiger partial charge in [-0.05, 0) is 25.0 Å². The highest BCUT2D eigenvalue weighted by atomic mass is 16.5. The van der Waals surface area contributed by atoms with Gasteiger partial charge < -0.3 is 19.9 Å². The Morgan fingerprint density at radius 2 is 2.09 bits per heavy atom. The topological polar surface area (TPSA) is 73.4 Å². The van der Waals surface area contributed by atoms with Crippen molar-refractivity contribution in [2.45, 2.75) is 25.7 Å². The van der Waals surface area contributed by atoms with Crippen LogP contribution in [0.4, 0.5) is 11.4 Å². The number of anilines is 2. The number of nitrogens with zero attached hydrogens (tertiary/aromatic N) is 3. The van der Waals surface area contributed by atoms with Gasteiger partial charge in [0, 0.05) is 26.6 Å². The lowest BCUT2D eigenvalue weighted by Gasteiger charge is -2.19. The summed E-state index contributed by atoms with van der Waals surface area (Å²) in [7, 11) is 3.36. The molecule has 0 atom stereocenters. The van der Waals surface area contributed by atoms with Crippen LogP contribution < -0.4 is 10.6 Å². The second kappa shape index (κ2) is 5.87. The third-order valence-corrected chi connectivity index (χ3v) is 4.35. The molecular weight excluding hydrogens is 280 g/mol. The summed E-state index contributed by atoms with van der Waals surface area (Å²) in [6.45, 7) is 2.11. The number of hydrogen-bond acceptors (Lipinski definition) is 5. The molecule has 1 saturated heterocycles. The smallest absolute Gasteiger partial charge is 0.305 e. The molecule has 6 nitrogen and oxygen atoms in total. The molecule has 1 fully saturated rings. The largest absolute Gasteiger partial charge is 0.469 e. The average molecular weight is 302 g/mol. The van der Waals surface area contributed by atoms with Crippen LogP contribution in [-0.2, 0) is 23.0 Å². The van der Waals surface area contributed by atoms with E-state index < -0.39 is 0 Å². The number of fused-ring (bicyclic) bond motifs is 1. The van der Waals surface area contributed by atoms with Gasteiger partial charge in [0.05, 0.1) is 35.9 Å². The maximum Gasteiger partial charge on any atom is 0.305 e. The lowest BCUT2D eigenvalue weighted by atomic mass is 10.2. The fraction of sp³-hybridized carbons (Fsp3) is 0.500. The first-order chi connectivity index (χ1) is 10.6. The molecule has 2 heterocycles. The van der Waals surface area contributed by atoms with E-state index in [4.69, 9.17) is 5.73 Å². The third kappa shape index (κ3) is 2.61. The van der Waals surface area contributed by atoms with Crippen LogP contribution in [0, 0.1) is 0 Å². The number of nitrogens with two attached hydrogens (primary N) is 1. The molecule has 0 aliphatic carbocycles. The molecule has 1 aliphatic heterocycles. The second-order valence-electron chi connectivity index (χ2n) is 5.76. The lowest BCUT2D eigenvalue weighted by Crippen LogP contribution is -2.18. The molecule has 1 aromatic carbocycles. The van der Waals surface area contributed by atoms with E-state index in [9.17, 15) is 4.79 Å². The summed E-state index contributed by atoms with van der Waals surface area (Å²) in [5.41, 5.74) is 10.0. The highest BCUT2D eigenvalue weighted by molar-refractivity contribution is 5.88. The Labute approximate surface area is 129 Å². The number of ether oxygens (including phenoxy) is 1. The molecule has 1 aromatic heterocycles. The molecule has 0 amide bonds. The van der Waals surface area contributed by atoms with Crippen molar-refractivity contribution in [1.29, 1.82) is 0 Å². The quantitative estimate of drug-likeness (QED) is 0.689. The molecule has 2 aromatic rings. The van der Waals surface area contributed by atoms with Gasteiger partial charge in [-0.25, -0.2) is 4.98 Å². The van der Waals surface area contributed by atoms with E-state index in [1.54, 1.807) is 0 Å². The Balaban J connectivity index is 1.93. The Hall–Kier alpha value is -2.24. The van der Waals surface area contributed by atoms with Crippen LogP contribution in [0.15, 0.2) is 12.1 Å². The number of benzene rings is 1. The van der Waals surface area contributed by atoms with Gasteiger partial charge in [-0.1, -0.05) is 0 Å². The Bertz CT molecular complexity index is 702. The number of methoxy groups -OCH3 is 1. The summed E-state index contributed by atoms with van der Waals surface area (Å²) in [6, 6.07) is 4.05. The summed E-state index contributed by atoms with van der Waals surface area (Å²) >= 11 is 0. The molecule has 0 bridgehead atoms. The van der Waals surface area contributed by atoms with Crippen molar-refractivity contribution in [3.63, 3.8) is 0 Å². The lowest BCUT2D eigenvalue weighted by molar-refractivity contribution is -0.140. The Morgan fingerprint density at radius 3 is 2.77 bits per heavy atom. The SMILES string of the molecule is COC(=O)CCc1nc2cc(N3CCCC3)c(N)cc2n1C. The van der Waals surface area contributed by atoms with Gasteiger partial charge in [0.25, 0.3) is 0 Å². The second-order valence-corrected chi connectivity index (χ2v) is 5.76. The summed E-state index contributed by atoms with van der Waals surface area (Å²) in [6.07, 6.45) is 3.33. The zero-order valence-corrected chi connectivity index (χ0v) is 13.1. The number of carbonyl (C=O) groups excluding carboxylic acids is 1. The van der Waals surface area contributed by atoms with Crippen LogP contribution >= 0.6 is 0 Å². The minimum Gasteiger partial charge on any atom is -0.469 e. The van der Waals surface area contributed by atoms with E-state index in [1.807, 2.05) is 17.7 Å². The minimum atomic E-state index is -0.218. The van der Waals surface area contributed by atoms with Crippen molar-refractivity contribution >= 4 is 28.4 Å². The summed E-state index contributed by atoms with van der Waals surface area (Å²) in [4.78, 5) is 18.3. The fourth-order valence-corrected chi connectivity index (χ4v) is 3.06. The predicted octanol–water partition coefficient (Wildman–Crippen LogP) is 1.86. The van der Waals surface area contributed by atoms with E-state index in [-0.39, 0.29) is 5.97 Å². The summed E-state index contributed by atoms with van der Waals surface area (Å²) in [5, 5.41) is 0. The van der Waals surface area contributed by atoms with Gasteiger partial charge in [-0.2, -0.15) is 0 Å². The van der Waals surface area contributed by atoms with Crippen LogP contribution in [0.25, 0.3) is 11.0 Å². The molecule has 3 rings (SSSR count). The number of aromatic nitrogens is 2. The zero-order valence-electron chi connectivity index (χ0n) is 13.1. The molecule has 2 N–H and O–H groups in total. The number of rotatable bonds is 4. The summed E-state index contributed by atoms with van der Waals surface area (Å²) < 4.78 is 6.69. The predicted molar refractivity (Wildman–Crippen MR) is 86.9 cm³/mol. The number of aryl methyl sites for hydroxylation is 2. The number of nitrogen functional groups attached to an aromatic ring is 1. The van der Waals surface area contributed by atoms with Gasteiger partial charge in [-0.3, -0.25) is 4.79 Å². The third-order valence-electron chi connectivity index (χ3n) is 4.35. The van der Waals surface area contributed by atoms with Crippen molar-refractivity contribution in [3.05, 3.63) is 18.0 Å². The molecule has 22 heavy (non-hydrogen) atoms. The van der Waals surface area contributed by atoms with Gasteiger partial charge in [-0.15, -0.1) is 0 Å². The Kier molecular flexibility index (Phi) is 3.92. The van der Waals surface area contributed by atoms with E-state index >= 15 is 0 Å². The first-order valence-electron chi connectivity index (χ1n) is 7.66. The maximum absolute atomic E-state index is 11.3. The van der Waals surface area contributed by atoms with Gasteiger partial charge in [0.2, 0.25) is 0 Å². The van der Waals surface area contributed by atoms with Crippen molar-refractivity contribution in [1.82, 2.24) is 9.55 Å². The highest BCUT2D eigenvalue weighted by Crippen LogP contribution is 2.31. The standard InChI is InChI=1S/C16H22N4O2/c1-19-14-9-11(17)13(20-7-3-4-8-20)10-12(14)18-15(19)5-6-16(21)22-2/h9-10H,3-8,17H2,1-2H3. The number of imidazole rings is 1. The monoisotopic (exact) mass is 302 g/mol. The molecule has 0 spiro atoms. The van der Waals surface area contributed by atoms with Crippen molar-refractivity contribution in [2.75, 3.05) is 30.8 Å². The van der Waals surface area contributed by atoms with Gasteiger partial charge in [0.1, 0.15) is 5.82 Å². The molecule has 0 radical (unpaired) electrons. The average Bonchev–Trinajstić information content (AvgIpc) is 3.13. The number of carbonyl (C=O) groups is 1. The molecule has 0 unspecified atom stereocenters. The highest BCUT2D eigenvalue weighted by Gasteiger charge is 2.18. The molecular formula is C16H22N4O2. The van der Waals surface area contributed by atoms with Crippen LogP contribution in [0.2, 0.25) is 0 Å². The Morgan fingerprint density at radius 1 is 1.36 bits per heavy atom. The van der Waals surface area contributed by atoms with Crippen LogP contribution in [0.1, 0.15) is 25.1 Å². The molecule has 1 aliphatic rings. The normalized spacial score (nSPS) is 14.7. The van der Waals surface area contributed by atoms with Crippen molar-refractivity contribution in [3.8, 4) is 0 Å². The molecule has 6 heteroatoms. The van der Waals surface area contributed by atoms with E-state index in [0.29, 0.717) is 12.8 Å². The van der Waals surface area contributed by atoms with Crippen molar-refractivity contribution < 1.29 is 9.53 Å². The maximum atomic E-state index is 11.3. The fourth-order valence-electron chi connectivity index (χ4n) is 3.06. The van der Waals surface area contributed by atoms with E-state index in [2.05, 4.69) is 20.7 Å². The first kappa shape index (κ1) is 14.7. The van der Waals surface area contributed by atoms with Crippen LogP contribution in [0.5, 0.6) is 0 Å². The van der Waals surface area contributed by atoms with Crippen LogP contribution in [-0.4, -0.2) is 35.7 Å². The number of hydrogen-bond donors (Lipinski definition) is 1.